The molecule has 0 fully saturated rings. The van der Waals surface area contributed by atoms with Gasteiger partial charge in [0, 0.05) is 6.42 Å². The fraction of sp³-hybridized carbons (Fsp3) is 0.312. The molecule has 5 heteroatoms. The molecule has 0 atom stereocenters. The molecule has 0 unspecified atom stereocenters. The second kappa shape index (κ2) is 6.35. The Morgan fingerprint density at radius 3 is 2.86 bits per heavy atom. The van der Waals surface area contributed by atoms with Crippen molar-refractivity contribution in [3.8, 4) is 0 Å². The lowest BCUT2D eigenvalue weighted by atomic mass is 10.2. The standard InChI is InChI=1S/C16H19N5/c1-2-3-9-14-19-13-11-18-16(21-15(13)20-14)17-10-12-7-5-4-6-8-12/h4-8,11H,2-3,9-10H2,1H3,(H2,17,18,19,20,21)/p+1. The van der Waals surface area contributed by atoms with E-state index in [9.17, 15) is 0 Å². The van der Waals surface area contributed by atoms with Crippen LogP contribution in [0.1, 0.15) is 31.2 Å². The van der Waals surface area contributed by atoms with Crippen molar-refractivity contribution in [2.24, 2.45) is 0 Å². The van der Waals surface area contributed by atoms with Gasteiger partial charge in [0.1, 0.15) is 11.3 Å². The van der Waals surface area contributed by atoms with Crippen LogP contribution in [0.2, 0.25) is 0 Å². The number of aryl methyl sites for hydroxylation is 1. The lowest BCUT2D eigenvalue weighted by Gasteiger charge is -1.98. The van der Waals surface area contributed by atoms with Gasteiger partial charge in [0.25, 0.3) is 5.65 Å². The third-order valence-corrected chi connectivity index (χ3v) is 3.40. The van der Waals surface area contributed by atoms with Crippen LogP contribution in [0.15, 0.2) is 36.5 Å². The van der Waals surface area contributed by atoms with E-state index in [1.165, 1.54) is 12.0 Å². The van der Waals surface area contributed by atoms with E-state index in [4.69, 9.17) is 0 Å². The molecule has 1 aromatic carbocycles. The van der Waals surface area contributed by atoms with Crippen molar-refractivity contribution >= 4 is 17.1 Å². The molecule has 0 saturated heterocycles. The SMILES string of the molecule is CCCCc1nc2nc(NCc3ccccc3)[nH+]cc2[nH]1. The van der Waals surface area contributed by atoms with Crippen molar-refractivity contribution in [2.75, 3.05) is 5.32 Å². The number of nitrogens with zero attached hydrogens (tertiary/aromatic N) is 2. The minimum Gasteiger partial charge on any atom is -0.337 e. The summed E-state index contributed by atoms with van der Waals surface area (Å²) in [7, 11) is 0. The molecule has 0 aliphatic rings. The van der Waals surface area contributed by atoms with Gasteiger partial charge in [-0.2, -0.15) is 4.98 Å². The average molecular weight is 282 g/mol. The van der Waals surface area contributed by atoms with Gasteiger partial charge in [-0.05, 0) is 17.0 Å². The second-order valence-electron chi connectivity index (χ2n) is 5.11. The Morgan fingerprint density at radius 2 is 2.05 bits per heavy atom. The average Bonchev–Trinajstić information content (AvgIpc) is 2.94. The fourth-order valence-electron chi connectivity index (χ4n) is 2.23. The van der Waals surface area contributed by atoms with Crippen molar-refractivity contribution in [3.63, 3.8) is 0 Å². The first-order chi connectivity index (χ1) is 10.3. The van der Waals surface area contributed by atoms with Crippen LogP contribution in [0.3, 0.4) is 0 Å². The van der Waals surface area contributed by atoms with Crippen LogP contribution in [-0.2, 0) is 13.0 Å². The summed E-state index contributed by atoms with van der Waals surface area (Å²) < 4.78 is 0. The van der Waals surface area contributed by atoms with Gasteiger partial charge in [-0.3, -0.25) is 5.32 Å². The molecule has 0 aliphatic heterocycles. The predicted octanol–water partition coefficient (Wildman–Crippen LogP) is 2.73. The summed E-state index contributed by atoms with van der Waals surface area (Å²) in [5.74, 6) is 1.74. The van der Waals surface area contributed by atoms with Gasteiger partial charge in [0.15, 0.2) is 0 Å². The van der Waals surface area contributed by atoms with Crippen molar-refractivity contribution < 1.29 is 4.98 Å². The number of fused-ring (bicyclic) bond motifs is 1. The number of nitrogens with one attached hydrogen (secondary N) is 3. The summed E-state index contributed by atoms with van der Waals surface area (Å²) in [5.41, 5.74) is 2.93. The van der Waals surface area contributed by atoms with Gasteiger partial charge in [-0.1, -0.05) is 43.7 Å². The summed E-state index contributed by atoms with van der Waals surface area (Å²) in [4.78, 5) is 15.5. The van der Waals surface area contributed by atoms with E-state index in [1.54, 1.807) is 0 Å². The number of unbranched alkanes of at least 4 members (excludes halogenated alkanes) is 1. The van der Waals surface area contributed by atoms with E-state index in [0.29, 0.717) is 0 Å². The highest BCUT2D eigenvalue weighted by Gasteiger charge is 2.11. The Kier molecular flexibility index (Phi) is 4.09. The van der Waals surface area contributed by atoms with E-state index in [2.05, 4.69) is 44.3 Å². The Labute approximate surface area is 123 Å². The Hall–Kier alpha value is -2.43. The van der Waals surface area contributed by atoms with Gasteiger partial charge in [0.05, 0.1) is 12.7 Å². The van der Waals surface area contributed by atoms with Gasteiger partial charge in [-0.25, -0.2) is 4.98 Å². The summed E-state index contributed by atoms with van der Waals surface area (Å²) in [6.45, 7) is 2.92. The molecular weight excluding hydrogens is 262 g/mol. The monoisotopic (exact) mass is 282 g/mol. The number of anilines is 1. The maximum atomic E-state index is 4.54. The van der Waals surface area contributed by atoms with Gasteiger partial charge < -0.3 is 4.98 Å². The van der Waals surface area contributed by atoms with Crippen LogP contribution in [0, 0.1) is 0 Å². The Bertz CT molecular complexity index is 705. The summed E-state index contributed by atoms with van der Waals surface area (Å²) >= 11 is 0. The summed E-state index contributed by atoms with van der Waals surface area (Å²) in [6, 6.07) is 10.3. The van der Waals surface area contributed by atoms with E-state index in [1.807, 2.05) is 24.4 Å². The van der Waals surface area contributed by atoms with Crippen LogP contribution in [-0.4, -0.2) is 15.0 Å². The molecule has 3 N–H and O–H groups in total. The number of imidazole rings is 1. The van der Waals surface area contributed by atoms with E-state index in [-0.39, 0.29) is 0 Å². The van der Waals surface area contributed by atoms with E-state index < -0.39 is 0 Å². The Morgan fingerprint density at radius 1 is 1.19 bits per heavy atom. The summed E-state index contributed by atoms with van der Waals surface area (Å²) in [6.07, 6.45) is 5.20. The molecule has 0 aliphatic carbocycles. The lowest BCUT2D eigenvalue weighted by Crippen LogP contribution is -2.14. The lowest BCUT2D eigenvalue weighted by molar-refractivity contribution is -0.363. The molecule has 108 valence electrons. The number of aromatic amines is 2. The minimum absolute atomic E-state index is 0.736. The van der Waals surface area contributed by atoms with Gasteiger partial charge >= 0.3 is 5.95 Å². The molecule has 5 nitrogen and oxygen atoms in total. The first-order valence-electron chi connectivity index (χ1n) is 7.40. The van der Waals surface area contributed by atoms with Crippen LogP contribution < -0.4 is 10.3 Å². The van der Waals surface area contributed by atoms with Gasteiger partial charge in [-0.15, -0.1) is 0 Å². The third-order valence-electron chi connectivity index (χ3n) is 3.40. The highest BCUT2D eigenvalue weighted by Crippen LogP contribution is 2.10. The predicted molar refractivity (Wildman–Crippen MR) is 82.8 cm³/mol. The van der Waals surface area contributed by atoms with Crippen LogP contribution in [0.4, 0.5) is 5.95 Å². The molecule has 21 heavy (non-hydrogen) atoms. The fourth-order valence-corrected chi connectivity index (χ4v) is 2.23. The zero-order valence-corrected chi connectivity index (χ0v) is 12.2. The zero-order valence-electron chi connectivity index (χ0n) is 12.2. The highest BCUT2D eigenvalue weighted by molar-refractivity contribution is 5.69. The maximum absolute atomic E-state index is 4.54. The van der Waals surface area contributed by atoms with Crippen molar-refractivity contribution in [1.29, 1.82) is 0 Å². The molecule has 0 radical (unpaired) electrons. The smallest absolute Gasteiger partial charge is 0.337 e. The summed E-state index contributed by atoms with van der Waals surface area (Å²) in [5, 5.41) is 3.28. The van der Waals surface area contributed by atoms with E-state index in [0.717, 1.165) is 42.3 Å². The number of hydrogen-bond acceptors (Lipinski definition) is 3. The van der Waals surface area contributed by atoms with Crippen molar-refractivity contribution in [3.05, 3.63) is 47.9 Å². The van der Waals surface area contributed by atoms with Crippen LogP contribution in [0.5, 0.6) is 0 Å². The molecule has 0 spiro atoms. The number of rotatable bonds is 6. The van der Waals surface area contributed by atoms with E-state index >= 15 is 0 Å². The van der Waals surface area contributed by atoms with Gasteiger partial charge in [0.2, 0.25) is 0 Å². The topological polar surface area (TPSA) is 67.7 Å². The molecule has 3 rings (SSSR count). The molecular formula is C16H20N5+. The second-order valence-corrected chi connectivity index (χ2v) is 5.11. The van der Waals surface area contributed by atoms with Crippen molar-refractivity contribution in [1.82, 2.24) is 15.0 Å². The molecule has 3 aromatic rings. The first kappa shape index (κ1) is 13.5. The van der Waals surface area contributed by atoms with Crippen molar-refractivity contribution in [2.45, 2.75) is 32.7 Å². The van der Waals surface area contributed by atoms with Crippen LogP contribution >= 0.6 is 0 Å². The normalized spacial score (nSPS) is 10.9. The molecule has 2 aromatic heterocycles. The minimum atomic E-state index is 0.736. The highest BCUT2D eigenvalue weighted by atomic mass is 15.1. The number of H-pyrrole nitrogens is 2. The zero-order chi connectivity index (χ0) is 14.5. The number of hydrogen-bond donors (Lipinski definition) is 2. The number of aromatic nitrogens is 4. The number of benzene rings is 1. The third kappa shape index (κ3) is 3.37. The largest absolute Gasteiger partial charge is 0.391 e. The molecule has 0 amide bonds. The quantitative estimate of drug-likeness (QED) is 0.730. The maximum Gasteiger partial charge on any atom is 0.391 e. The first-order valence-corrected chi connectivity index (χ1v) is 7.40. The molecule has 2 heterocycles. The Balaban J connectivity index is 1.71. The molecule has 0 bridgehead atoms. The molecule has 0 saturated carbocycles. The van der Waals surface area contributed by atoms with Crippen LogP contribution in [0.25, 0.3) is 11.2 Å².